The van der Waals surface area contributed by atoms with Crippen molar-refractivity contribution in [1.29, 1.82) is 0 Å². The summed E-state index contributed by atoms with van der Waals surface area (Å²) in [7, 11) is 0. The zero-order valence-electron chi connectivity index (χ0n) is 16.4. The van der Waals surface area contributed by atoms with Gasteiger partial charge in [-0.2, -0.15) is 5.10 Å². The van der Waals surface area contributed by atoms with Gasteiger partial charge in [0.2, 0.25) is 5.91 Å². The molecule has 0 bridgehead atoms. The van der Waals surface area contributed by atoms with E-state index >= 15 is 0 Å². The maximum Gasteiger partial charge on any atom is 0.257 e. The fraction of sp³-hybridized carbons (Fsp3) is 0.737. The van der Waals surface area contributed by atoms with Crippen LogP contribution in [0.25, 0.3) is 0 Å². The van der Waals surface area contributed by atoms with Crippen LogP contribution < -0.4 is 5.32 Å². The molecule has 0 radical (unpaired) electrons. The summed E-state index contributed by atoms with van der Waals surface area (Å²) in [6, 6.07) is 0.130. The zero-order valence-corrected chi connectivity index (χ0v) is 16.4. The number of aromatic nitrogens is 2. The van der Waals surface area contributed by atoms with Crippen LogP contribution in [0.5, 0.6) is 0 Å². The van der Waals surface area contributed by atoms with Gasteiger partial charge in [-0.3, -0.25) is 14.3 Å². The molecule has 7 heteroatoms. The first-order valence-electron chi connectivity index (χ1n) is 9.69. The van der Waals surface area contributed by atoms with E-state index in [2.05, 4.69) is 38.1 Å². The van der Waals surface area contributed by atoms with E-state index in [4.69, 9.17) is 0 Å². The lowest BCUT2D eigenvalue weighted by molar-refractivity contribution is -0.135. The minimum atomic E-state index is -0.151. The summed E-state index contributed by atoms with van der Waals surface area (Å²) in [4.78, 5) is 29.3. The van der Waals surface area contributed by atoms with Crippen LogP contribution >= 0.6 is 0 Å². The maximum atomic E-state index is 13.2. The lowest BCUT2D eigenvalue weighted by Gasteiger charge is -2.41. The molecule has 0 saturated carbocycles. The van der Waals surface area contributed by atoms with Crippen LogP contribution in [0.1, 0.15) is 56.6 Å². The van der Waals surface area contributed by atoms with Crippen molar-refractivity contribution in [3.63, 3.8) is 0 Å². The van der Waals surface area contributed by atoms with Gasteiger partial charge in [-0.05, 0) is 40.0 Å². The van der Waals surface area contributed by atoms with Crippen LogP contribution in [0.3, 0.4) is 0 Å². The summed E-state index contributed by atoms with van der Waals surface area (Å²) in [6.07, 6.45) is 4.39. The quantitative estimate of drug-likeness (QED) is 0.879. The Hall–Kier alpha value is -1.89. The number of piperidine rings is 1. The van der Waals surface area contributed by atoms with Crippen molar-refractivity contribution in [2.75, 3.05) is 32.7 Å². The fourth-order valence-corrected chi connectivity index (χ4v) is 4.04. The van der Waals surface area contributed by atoms with Gasteiger partial charge in [-0.1, -0.05) is 6.92 Å². The molecule has 1 aromatic rings. The topological polar surface area (TPSA) is 70.5 Å². The number of rotatable bonds is 3. The van der Waals surface area contributed by atoms with Crippen LogP contribution in [0.4, 0.5) is 0 Å². The standard InChI is InChI=1S/C19H31N5O2/c1-5-16-15(11-21-24(16)19(2,3)4)18(26)22-9-6-7-14(13-22)23-10-8-20-12-17(23)25/h11,14,20H,5-10,12-13H2,1-4H3. The SMILES string of the molecule is CCc1c(C(=O)N2CCCC(N3CCNCC3=O)C2)cnn1C(C)(C)C. The van der Waals surface area contributed by atoms with E-state index in [0.717, 1.165) is 44.6 Å². The van der Waals surface area contributed by atoms with Crippen molar-refractivity contribution in [1.82, 2.24) is 24.9 Å². The average Bonchev–Trinajstić information content (AvgIpc) is 3.06. The average molecular weight is 361 g/mol. The molecule has 1 aromatic heterocycles. The summed E-state index contributed by atoms with van der Waals surface area (Å²) >= 11 is 0. The Morgan fingerprint density at radius 1 is 1.35 bits per heavy atom. The number of hydrogen-bond acceptors (Lipinski definition) is 4. The number of amides is 2. The summed E-state index contributed by atoms with van der Waals surface area (Å²) in [5.41, 5.74) is 1.54. The number of carbonyl (C=O) groups excluding carboxylic acids is 2. The second-order valence-electron chi connectivity index (χ2n) is 8.25. The molecule has 1 atom stereocenters. The second kappa shape index (κ2) is 7.39. The molecule has 3 heterocycles. The fourth-order valence-electron chi connectivity index (χ4n) is 4.04. The molecular formula is C19H31N5O2. The summed E-state index contributed by atoms with van der Waals surface area (Å²) in [5, 5.41) is 7.60. The molecule has 2 saturated heterocycles. The molecule has 2 aliphatic rings. The Kier molecular flexibility index (Phi) is 5.37. The number of nitrogens with zero attached hydrogens (tertiary/aromatic N) is 4. The van der Waals surface area contributed by atoms with Crippen LogP contribution in [-0.4, -0.2) is 70.2 Å². The minimum absolute atomic E-state index is 0.0460. The third-order valence-corrected chi connectivity index (χ3v) is 5.32. The molecule has 0 aliphatic carbocycles. The van der Waals surface area contributed by atoms with Gasteiger partial charge in [0.25, 0.3) is 5.91 Å². The molecule has 3 rings (SSSR count). The van der Waals surface area contributed by atoms with E-state index in [1.165, 1.54) is 0 Å². The van der Waals surface area contributed by atoms with Crippen LogP contribution in [0, 0.1) is 0 Å². The molecule has 2 fully saturated rings. The first-order chi connectivity index (χ1) is 12.3. The second-order valence-corrected chi connectivity index (χ2v) is 8.25. The van der Waals surface area contributed by atoms with Gasteiger partial charge >= 0.3 is 0 Å². The Morgan fingerprint density at radius 2 is 2.12 bits per heavy atom. The number of carbonyl (C=O) groups is 2. The Bertz CT molecular complexity index is 676. The van der Waals surface area contributed by atoms with Gasteiger partial charge < -0.3 is 15.1 Å². The third kappa shape index (κ3) is 3.63. The number of likely N-dealkylation sites (tertiary alicyclic amines) is 1. The van der Waals surface area contributed by atoms with E-state index in [0.29, 0.717) is 18.7 Å². The Balaban J connectivity index is 1.77. The number of hydrogen-bond donors (Lipinski definition) is 1. The zero-order chi connectivity index (χ0) is 18.9. The van der Waals surface area contributed by atoms with Crippen molar-refractivity contribution < 1.29 is 9.59 Å². The number of nitrogens with one attached hydrogen (secondary N) is 1. The molecule has 2 amide bonds. The van der Waals surface area contributed by atoms with Crippen LogP contribution in [0.15, 0.2) is 6.20 Å². The van der Waals surface area contributed by atoms with Crippen molar-refractivity contribution in [2.24, 2.45) is 0 Å². The molecule has 1 unspecified atom stereocenters. The highest BCUT2D eigenvalue weighted by Gasteiger charge is 2.33. The van der Waals surface area contributed by atoms with Crippen molar-refractivity contribution in [2.45, 2.75) is 58.5 Å². The van der Waals surface area contributed by atoms with E-state index in [1.807, 2.05) is 14.5 Å². The van der Waals surface area contributed by atoms with E-state index < -0.39 is 0 Å². The van der Waals surface area contributed by atoms with Gasteiger partial charge in [-0.25, -0.2) is 0 Å². The summed E-state index contributed by atoms with van der Waals surface area (Å²) < 4.78 is 1.96. The lowest BCUT2D eigenvalue weighted by atomic mass is 10.0. The Morgan fingerprint density at radius 3 is 2.77 bits per heavy atom. The largest absolute Gasteiger partial charge is 0.336 e. The van der Waals surface area contributed by atoms with Gasteiger partial charge in [0, 0.05) is 32.2 Å². The highest BCUT2D eigenvalue weighted by Crippen LogP contribution is 2.23. The Labute approximate surface area is 155 Å². The van der Waals surface area contributed by atoms with Gasteiger partial charge in [0.1, 0.15) is 0 Å². The third-order valence-electron chi connectivity index (χ3n) is 5.32. The first kappa shape index (κ1) is 18.9. The molecule has 26 heavy (non-hydrogen) atoms. The highest BCUT2D eigenvalue weighted by atomic mass is 16.2. The minimum Gasteiger partial charge on any atom is -0.336 e. The molecule has 144 valence electrons. The van der Waals surface area contributed by atoms with Crippen molar-refractivity contribution in [3.8, 4) is 0 Å². The number of piperazine rings is 1. The summed E-state index contributed by atoms with van der Waals surface area (Å²) in [5.74, 6) is 0.190. The normalized spacial score (nSPS) is 22.0. The lowest BCUT2D eigenvalue weighted by Crippen LogP contribution is -2.57. The smallest absolute Gasteiger partial charge is 0.257 e. The van der Waals surface area contributed by atoms with Gasteiger partial charge in [-0.15, -0.1) is 0 Å². The van der Waals surface area contributed by atoms with Crippen molar-refractivity contribution >= 4 is 11.8 Å². The monoisotopic (exact) mass is 361 g/mol. The van der Waals surface area contributed by atoms with Crippen molar-refractivity contribution in [3.05, 3.63) is 17.5 Å². The molecule has 7 nitrogen and oxygen atoms in total. The molecule has 0 spiro atoms. The highest BCUT2D eigenvalue weighted by molar-refractivity contribution is 5.95. The van der Waals surface area contributed by atoms with Gasteiger partial charge in [0.15, 0.2) is 0 Å². The van der Waals surface area contributed by atoms with E-state index in [9.17, 15) is 9.59 Å². The van der Waals surface area contributed by atoms with Crippen LogP contribution in [-0.2, 0) is 16.8 Å². The predicted molar refractivity (Wildman–Crippen MR) is 100 cm³/mol. The maximum absolute atomic E-state index is 13.2. The molecular weight excluding hydrogens is 330 g/mol. The van der Waals surface area contributed by atoms with Crippen LogP contribution in [0.2, 0.25) is 0 Å². The van der Waals surface area contributed by atoms with E-state index in [1.54, 1.807) is 6.20 Å². The molecule has 2 aliphatic heterocycles. The van der Waals surface area contributed by atoms with Gasteiger partial charge in [0.05, 0.1) is 29.5 Å². The predicted octanol–water partition coefficient (Wildman–Crippen LogP) is 1.24. The van der Waals surface area contributed by atoms with E-state index in [-0.39, 0.29) is 23.4 Å². The molecule has 0 aromatic carbocycles. The molecule has 1 N–H and O–H groups in total. The first-order valence-corrected chi connectivity index (χ1v) is 9.69. The summed E-state index contributed by atoms with van der Waals surface area (Å²) in [6.45, 7) is 11.7.